The lowest BCUT2D eigenvalue weighted by molar-refractivity contribution is -0.116. The monoisotopic (exact) mass is 376 g/mol. The normalized spacial score (nSPS) is 13.2. The third-order valence-corrected chi connectivity index (χ3v) is 4.44. The molecular weight excluding hydrogens is 363 g/mol. The van der Waals surface area contributed by atoms with Crippen LogP contribution in [-0.2, 0) is 4.79 Å². The average Bonchev–Trinajstić information content (AvgIpc) is 2.79. The van der Waals surface area contributed by atoms with Gasteiger partial charge in [-0.3, -0.25) is 19.3 Å². The molecule has 0 radical (unpaired) electrons. The van der Waals surface area contributed by atoms with Gasteiger partial charge < -0.3 is 5.32 Å². The van der Waals surface area contributed by atoms with Crippen LogP contribution in [0.4, 0.5) is 5.69 Å². The molecule has 1 heterocycles. The van der Waals surface area contributed by atoms with E-state index in [1.165, 1.54) is 6.07 Å². The van der Waals surface area contributed by atoms with E-state index < -0.39 is 0 Å². The van der Waals surface area contributed by atoms with Crippen LogP contribution in [0.1, 0.15) is 32.7 Å². The highest BCUT2D eigenvalue weighted by Crippen LogP contribution is 2.26. The van der Waals surface area contributed by atoms with Gasteiger partial charge in [-0.25, -0.2) is 0 Å². The first-order valence-electron chi connectivity index (χ1n) is 7.58. The van der Waals surface area contributed by atoms with Gasteiger partial charge in [-0.1, -0.05) is 34.8 Å². The first-order chi connectivity index (χ1) is 11.9. The lowest BCUT2D eigenvalue weighted by atomic mass is 10.1. The molecule has 0 bridgehead atoms. The fraction of sp³-hybridized carbons (Fsp3) is 0.167. The molecule has 0 aromatic heterocycles. The maximum absolute atomic E-state index is 12.4. The van der Waals surface area contributed by atoms with E-state index in [9.17, 15) is 14.4 Å². The minimum Gasteiger partial charge on any atom is -0.325 e. The van der Waals surface area contributed by atoms with Gasteiger partial charge in [0.2, 0.25) is 5.91 Å². The van der Waals surface area contributed by atoms with E-state index in [1.807, 2.05) is 6.92 Å². The smallest absolute Gasteiger partial charge is 0.261 e. The molecule has 3 amide bonds. The van der Waals surface area contributed by atoms with E-state index >= 15 is 0 Å². The summed E-state index contributed by atoms with van der Waals surface area (Å²) in [4.78, 5) is 37.9. The highest BCUT2D eigenvalue weighted by molar-refractivity contribution is 6.36. The van der Waals surface area contributed by atoms with Gasteiger partial charge in [-0.2, -0.15) is 0 Å². The van der Waals surface area contributed by atoms with Crippen molar-refractivity contribution >= 4 is 46.6 Å². The quantitative estimate of drug-likeness (QED) is 0.822. The van der Waals surface area contributed by atoms with Crippen molar-refractivity contribution in [3.63, 3.8) is 0 Å². The van der Waals surface area contributed by atoms with Crippen LogP contribution in [0.5, 0.6) is 0 Å². The van der Waals surface area contributed by atoms with E-state index in [4.69, 9.17) is 23.2 Å². The summed E-state index contributed by atoms with van der Waals surface area (Å²) in [5.41, 5.74) is 2.08. The Balaban J connectivity index is 1.65. The number of fused-ring (bicyclic) bond motifs is 1. The van der Waals surface area contributed by atoms with Crippen LogP contribution in [0, 0.1) is 6.92 Å². The Labute approximate surface area is 154 Å². The van der Waals surface area contributed by atoms with Gasteiger partial charge in [0.15, 0.2) is 0 Å². The van der Waals surface area contributed by atoms with Crippen LogP contribution in [0.25, 0.3) is 0 Å². The average molecular weight is 377 g/mol. The number of aryl methyl sites for hydroxylation is 1. The molecule has 128 valence electrons. The molecule has 3 rings (SSSR count). The molecule has 2 aromatic rings. The Kier molecular flexibility index (Phi) is 4.79. The number of halogens is 2. The molecule has 0 saturated carbocycles. The van der Waals surface area contributed by atoms with Crippen molar-refractivity contribution in [3.05, 3.63) is 63.1 Å². The first-order valence-corrected chi connectivity index (χ1v) is 8.34. The third kappa shape index (κ3) is 3.52. The molecular formula is C18H14Cl2N2O3. The fourth-order valence-electron chi connectivity index (χ4n) is 2.62. The molecule has 0 atom stereocenters. The number of carbonyl (C=O) groups is 3. The van der Waals surface area contributed by atoms with E-state index in [0.29, 0.717) is 26.9 Å². The van der Waals surface area contributed by atoms with Crippen LogP contribution in [0.3, 0.4) is 0 Å². The van der Waals surface area contributed by atoms with Crippen molar-refractivity contribution in [1.82, 2.24) is 4.90 Å². The number of carbonyl (C=O) groups excluding carboxylic acids is 3. The summed E-state index contributed by atoms with van der Waals surface area (Å²) in [6, 6.07) is 9.82. The highest BCUT2D eigenvalue weighted by atomic mass is 35.5. The van der Waals surface area contributed by atoms with E-state index in [2.05, 4.69) is 5.32 Å². The number of amides is 3. The molecule has 0 fully saturated rings. The number of hydrogen-bond acceptors (Lipinski definition) is 3. The van der Waals surface area contributed by atoms with Gasteiger partial charge >= 0.3 is 0 Å². The summed E-state index contributed by atoms with van der Waals surface area (Å²) in [5.74, 6) is -1.10. The first kappa shape index (κ1) is 17.5. The Morgan fingerprint density at radius 1 is 1.04 bits per heavy atom. The second kappa shape index (κ2) is 6.86. The van der Waals surface area contributed by atoms with Crippen LogP contribution in [0.15, 0.2) is 36.4 Å². The highest BCUT2D eigenvalue weighted by Gasteiger charge is 2.35. The number of nitrogens with zero attached hydrogens (tertiary/aromatic N) is 1. The number of anilines is 1. The molecule has 5 nitrogen and oxygen atoms in total. The summed E-state index contributed by atoms with van der Waals surface area (Å²) < 4.78 is 0. The standard InChI is InChI=1S/C18H14Cl2N2O3/c1-10-2-4-12-13(8-10)18(25)22(17(12)24)7-6-16(23)21-15-5-3-11(19)9-14(15)20/h2-5,8-9H,6-7H2,1H3,(H,21,23). The number of benzene rings is 2. The van der Waals surface area contributed by atoms with Crippen LogP contribution in [-0.4, -0.2) is 29.2 Å². The van der Waals surface area contributed by atoms with Crippen LogP contribution < -0.4 is 5.32 Å². The molecule has 7 heteroatoms. The summed E-state index contributed by atoms with van der Waals surface area (Å²) in [7, 11) is 0. The molecule has 0 spiro atoms. The third-order valence-electron chi connectivity index (χ3n) is 3.89. The van der Waals surface area contributed by atoms with E-state index in [-0.39, 0.29) is 30.7 Å². The van der Waals surface area contributed by atoms with Gasteiger partial charge in [0, 0.05) is 18.0 Å². The second-order valence-electron chi connectivity index (χ2n) is 5.73. The van der Waals surface area contributed by atoms with E-state index in [1.54, 1.807) is 30.3 Å². The number of nitrogens with one attached hydrogen (secondary N) is 1. The summed E-state index contributed by atoms with van der Waals surface area (Å²) in [6.07, 6.45) is -0.0244. The van der Waals surface area contributed by atoms with Gasteiger partial charge in [0.05, 0.1) is 21.8 Å². The van der Waals surface area contributed by atoms with Crippen molar-refractivity contribution in [2.75, 3.05) is 11.9 Å². The lowest BCUT2D eigenvalue weighted by Crippen LogP contribution is -2.32. The maximum atomic E-state index is 12.4. The maximum Gasteiger partial charge on any atom is 0.261 e. The summed E-state index contributed by atoms with van der Waals surface area (Å²) >= 11 is 11.8. The largest absolute Gasteiger partial charge is 0.325 e. The topological polar surface area (TPSA) is 66.5 Å². The van der Waals surface area contributed by atoms with Crippen molar-refractivity contribution in [2.24, 2.45) is 0 Å². The van der Waals surface area contributed by atoms with Gasteiger partial charge in [0.25, 0.3) is 11.8 Å². The molecule has 1 aliphatic heterocycles. The minimum absolute atomic E-state index is 0.00242. The molecule has 2 aromatic carbocycles. The van der Waals surface area contributed by atoms with Gasteiger partial charge in [-0.05, 0) is 37.3 Å². The number of hydrogen-bond donors (Lipinski definition) is 1. The fourth-order valence-corrected chi connectivity index (χ4v) is 3.08. The number of rotatable bonds is 4. The molecule has 0 unspecified atom stereocenters. The predicted octanol–water partition coefficient (Wildman–Crippen LogP) is 3.93. The Hall–Kier alpha value is -2.37. The zero-order chi connectivity index (χ0) is 18.1. The van der Waals surface area contributed by atoms with Crippen molar-refractivity contribution in [1.29, 1.82) is 0 Å². The zero-order valence-electron chi connectivity index (χ0n) is 13.3. The molecule has 0 aliphatic carbocycles. The molecule has 1 aliphatic rings. The van der Waals surface area contributed by atoms with Gasteiger partial charge in [0.1, 0.15) is 0 Å². The van der Waals surface area contributed by atoms with Crippen molar-refractivity contribution in [3.8, 4) is 0 Å². The summed E-state index contributed by atoms with van der Waals surface area (Å²) in [5, 5.41) is 3.42. The summed E-state index contributed by atoms with van der Waals surface area (Å²) in [6.45, 7) is 1.85. The van der Waals surface area contributed by atoms with Crippen molar-refractivity contribution < 1.29 is 14.4 Å². The zero-order valence-corrected chi connectivity index (χ0v) is 14.8. The Morgan fingerprint density at radius 2 is 1.76 bits per heavy atom. The van der Waals surface area contributed by atoms with Crippen molar-refractivity contribution in [2.45, 2.75) is 13.3 Å². The Morgan fingerprint density at radius 3 is 2.48 bits per heavy atom. The second-order valence-corrected chi connectivity index (χ2v) is 6.58. The SMILES string of the molecule is Cc1ccc2c(c1)C(=O)N(CCC(=O)Nc1ccc(Cl)cc1Cl)C2=O. The lowest BCUT2D eigenvalue weighted by Gasteiger charge is -2.14. The minimum atomic E-state index is -0.377. The van der Waals surface area contributed by atoms with Crippen LogP contribution in [0.2, 0.25) is 10.0 Å². The molecule has 1 N–H and O–H groups in total. The molecule has 0 saturated heterocycles. The van der Waals surface area contributed by atoms with Crippen LogP contribution >= 0.6 is 23.2 Å². The number of imide groups is 1. The predicted molar refractivity (Wildman–Crippen MR) is 96.3 cm³/mol. The Bertz CT molecular complexity index is 896. The van der Waals surface area contributed by atoms with Gasteiger partial charge in [-0.15, -0.1) is 0 Å². The van der Waals surface area contributed by atoms with E-state index in [0.717, 1.165) is 10.5 Å². The molecule has 25 heavy (non-hydrogen) atoms.